The van der Waals surface area contributed by atoms with E-state index in [-0.39, 0.29) is 12.1 Å². The fourth-order valence-electron chi connectivity index (χ4n) is 1.80. The molecule has 2 atom stereocenters. The Balaban J connectivity index is 2.38. The van der Waals surface area contributed by atoms with Gasteiger partial charge in [0, 0.05) is 13.0 Å². The van der Waals surface area contributed by atoms with Gasteiger partial charge in [-0.1, -0.05) is 0 Å². The highest BCUT2D eigenvalue weighted by Crippen LogP contribution is 2.29. The first kappa shape index (κ1) is 14.5. The molecule has 0 amide bonds. The largest absolute Gasteiger partial charge is 0.465 e. The van der Waals surface area contributed by atoms with Gasteiger partial charge in [0.1, 0.15) is 5.54 Å². The molecule has 0 aromatic heterocycles. The molecule has 0 bridgehead atoms. The lowest BCUT2D eigenvalue weighted by atomic mass is 9.95. The van der Waals surface area contributed by atoms with Gasteiger partial charge in [0.15, 0.2) is 0 Å². The summed E-state index contributed by atoms with van der Waals surface area (Å²) >= 11 is 0. The number of rotatable bonds is 8. The second kappa shape index (κ2) is 6.36. The van der Waals surface area contributed by atoms with Crippen molar-refractivity contribution in [1.29, 1.82) is 0 Å². The molecule has 4 nitrogen and oxygen atoms in total. The van der Waals surface area contributed by atoms with Crippen molar-refractivity contribution in [2.75, 3.05) is 20.3 Å². The number of esters is 1. The zero-order valence-corrected chi connectivity index (χ0v) is 11.4. The fourth-order valence-corrected chi connectivity index (χ4v) is 1.80. The lowest BCUT2D eigenvalue weighted by molar-refractivity contribution is -0.152. The van der Waals surface area contributed by atoms with Gasteiger partial charge in [0.2, 0.25) is 0 Å². The summed E-state index contributed by atoms with van der Waals surface area (Å²) in [6, 6.07) is 0. The molecule has 0 aromatic rings. The monoisotopic (exact) mass is 243 g/mol. The minimum Gasteiger partial charge on any atom is -0.465 e. The van der Waals surface area contributed by atoms with Crippen LogP contribution >= 0.6 is 0 Å². The Hall–Kier alpha value is -0.610. The highest BCUT2D eigenvalue weighted by Gasteiger charge is 2.35. The number of likely N-dealkylation sites (N-methyl/N-ethyl adjacent to an activating group) is 1. The molecule has 17 heavy (non-hydrogen) atoms. The van der Waals surface area contributed by atoms with Crippen LogP contribution in [0.5, 0.6) is 0 Å². The zero-order chi connectivity index (χ0) is 12.9. The van der Waals surface area contributed by atoms with Crippen LogP contribution in [0.3, 0.4) is 0 Å². The Kier molecular flexibility index (Phi) is 5.40. The summed E-state index contributed by atoms with van der Waals surface area (Å²) in [5, 5.41) is 3.04. The van der Waals surface area contributed by atoms with Crippen molar-refractivity contribution in [1.82, 2.24) is 5.32 Å². The molecule has 4 heteroatoms. The van der Waals surface area contributed by atoms with E-state index in [2.05, 4.69) is 5.32 Å². The van der Waals surface area contributed by atoms with E-state index in [1.165, 1.54) is 12.8 Å². The van der Waals surface area contributed by atoms with Crippen LogP contribution in [-0.2, 0) is 14.3 Å². The summed E-state index contributed by atoms with van der Waals surface area (Å²) in [4.78, 5) is 11.8. The van der Waals surface area contributed by atoms with E-state index in [4.69, 9.17) is 9.47 Å². The molecular weight excluding hydrogens is 218 g/mol. The van der Waals surface area contributed by atoms with Crippen molar-refractivity contribution in [2.45, 2.75) is 51.7 Å². The summed E-state index contributed by atoms with van der Waals surface area (Å²) in [6.45, 7) is 6.93. The standard InChI is InChI=1S/C13H25NO3/c1-5-16-12(15)13(3,14-4)8-10(2)17-9-11-6-7-11/h10-11,14H,5-9H2,1-4H3. The van der Waals surface area contributed by atoms with Crippen molar-refractivity contribution in [3.63, 3.8) is 0 Å². The summed E-state index contributed by atoms with van der Waals surface area (Å²) < 4.78 is 10.8. The van der Waals surface area contributed by atoms with Gasteiger partial charge in [-0.15, -0.1) is 0 Å². The van der Waals surface area contributed by atoms with Crippen LogP contribution in [0.15, 0.2) is 0 Å². The lowest BCUT2D eigenvalue weighted by Crippen LogP contribution is -2.50. The number of nitrogens with one attached hydrogen (secondary N) is 1. The topological polar surface area (TPSA) is 47.6 Å². The van der Waals surface area contributed by atoms with Gasteiger partial charge in [0.25, 0.3) is 0 Å². The van der Waals surface area contributed by atoms with E-state index >= 15 is 0 Å². The smallest absolute Gasteiger partial charge is 0.326 e. The van der Waals surface area contributed by atoms with E-state index in [0.717, 1.165) is 12.5 Å². The van der Waals surface area contributed by atoms with Crippen LogP contribution in [0.4, 0.5) is 0 Å². The van der Waals surface area contributed by atoms with Crippen LogP contribution in [0, 0.1) is 5.92 Å². The highest BCUT2D eigenvalue weighted by atomic mass is 16.5. The van der Waals surface area contributed by atoms with E-state index in [1.807, 2.05) is 20.8 Å². The lowest BCUT2D eigenvalue weighted by Gasteiger charge is -2.29. The number of carbonyl (C=O) groups excluding carboxylic acids is 1. The molecule has 1 rings (SSSR count). The minimum absolute atomic E-state index is 0.0671. The van der Waals surface area contributed by atoms with E-state index in [0.29, 0.717) is 13.0 Å². The third kappa shape index (κ3) is 4.64. The maximum absolute atomic E-state index is 11.8. The number of ether oxygens (including phenoxy) is 2. The first-order valence-corrected chi connectivity index (χ1v) is 6.49. The van der Waals surface area contributed by atoms with Gasteiger partial charge in [0.05, 0.1) is 12.7 Å². The summed E-state index contributed by atoms with van der Waals surface area (Å²) in [5.41, 5.74) is -0.654. The van der Waals surface area contributed by atoms with Crippen molar-refractivity contribution in [3.05, 3.63) is 0 Å². The maximum atomic E-state index is 11.8. The summed E-state index contributed by atoms with van der Waals surface area (Å²) in [5.74, 6) is 0.547. The fraction of sp³-hybridized carbons (Fsp3) is 0.923. The third-order valence-electron chi connectivity index (χ3n) is 3.29. The van der Waals surface area contributed by atoms with E-state index in [1.54, 1.807) is 7.05 Å². The average Bonchev–Trinajstić information content (AvgIpc) is 3.10. The van der Waals surface area contributed by atoms with Gasteiger partial charge in [-0.3, -0.25) is 4.79 Å². The average molecular weight is 243 g/mol. The van der Waals surface area contributed by atoms with Crippen LogP contribution < -0.4 is 5.32 Å². The van der Waals surface area contributed by atoms with Crippen LogP contribution in [-0.4, -0.2) is 37.9 Å². The van der Waals surface area contributed by atoms with Crippen LogP contribution in [0.1, 0.15) is 40.0 Å². The van der Waals surface area contributed by atoms with Crippen molar-refractivity contribution < 1.29 is 14.3 Å². The number of hydrogen-bond acceptors (Lipinski definition) is 4. The highest BCUT2D eigenvalue weighted by molar-refractivity contribution is 5.80. The molecule has 1 fully saturated rings. The maximum Gasteiger partial charge on any atom is 0.326 e. The molecular formula is C13H25NO3. The van der Waals surface area contributed by atoms with Crippen LogP contribution in [0.2, 0.25) is 0 Å². The van der Waals surface area contributed by atoms with Crippen molar-refractivity contribution >= 4 is 5.97 Å². The third-order valence-corrected chi connectivity index (χ3v) is 3.29. The van der Waals surface area contributed by atoms with Crippen LogP contribution in [0.25, 0.3) is 0 Å². The Bertz CT molecular complexity index is 253. The second-order valence-electron chi connectivity index (χ2n) is 5.09. The Morgan fingerprint density at radius 1 is 1.53 bits per heavy atom. The zero-order valence-electron chi connectivity index (χ0n) is 11.4. The first-order chi connectivity index (χ1) is 8.01. The molecule has 0 heterocycles. The number of hydrogen-bond donors (Lipinski definition) is 1. The van der Waals surface area contributed by atoms with E-state index in [9.17, 15) is 4.79 Å². The van der Waals surface area contributed by atoms with Gasteiger partial charge in [-0.05, 0) is 46.6 Å². The first-order valence-electron chi connectivity index (χ1n) is 6.49. The molecule has 2 unspecified atom stereocenters. The molecule has 100 valence electrons. The molecule has 0 spiro atoms. The van der Waals surface area contributed by atoms with Gasteiger partial charge in [-0.2, -0.15) is 0 Å². The van der Waals surface area contributed by atoms with E-state index < -0.39 is 5.54 Å². The molecule has 0 saturated heterocycles. The van der Waals surface area contributed by atoms with Gasteiger partial charge in [-0.25, -0.2) is 0 Å². The molecule has 1 aliphatic rings. The quantitative estimate of drug-likeness (QED) is 0.660. The Morgan fingerprint density at radius 3 is 2.65 bits per heavy atom. The predicted octanol–water partition coefficient (Wildman–Crippen LogP) is 1.73. The molecule has 0 aromatic carbocycles. The second-order valence-corrected chi connectivity index (χ2v) is 5.09. The summed E-state index contributed by atoms with van der Waals surface area (Å²) in [6.07, 6.45) is 3.27. The molecule has 0 radical (unpaired) electrons. The number of carbonyl (C=O) groups is 1. The molecule has 1 aliphatic carbocycles. The van der Waals surface area contributed by atoms with Gasteiger partial charge >= 0.3 is 5.97 Å². The molecule has 1 saturated carbocycles. The van der Waals surface area contributed by atoms with Crippen molar-refractivity contribution in [3.8, 4) is 0 Å². The molecule has 1 N–H and O–H groups in total. The van der Waals surface area contributed by atoms with Gasteiger partial charge < -0.3 is 14.8 Å². The van der Waals surface area contributed by atoms with Crippen molar-refractivity contribution in [2.24, 2.45) is 5.92 Å². The summed E-state index contributed by atoms with van der Waals surface area (Å²) in [7, 11) is 1.78. The minimum atomic E-state index is -0.654. The normalized spacial score (nSPS) is 20.7. The Labute approximate surface area is 104 Å². The predicted molar refractivity (Wildman–Crippen MR) is 66.9 cm³/mol. The molecule has 0 aliphatic heterocycles. The Morgan fingerprint density at radius 2 is 2.18 bits per heavy atom. The SMILES string of the molecule is CCOC(=O)C(C)(CC(C)OCC1CC1)NC.